The van der Waals surface area contributed by atoms with E-state index in [1.165, 1.54) is 13.0 Å². The maximum Gasteiger partial charge on any atom is 0.308 e. The molecule has 4 saturated heterocycles. The van der Waals surface area contributed by atoms with Gasteiger partial charge in [-0.2, -0.15) is 0 Å². The molecule has 3 unspecified atom stereocenters. The van der Waals surface area contributed by atoms with Crippen LogP contribution in [0.4, 0.5) is 0 Å². The van der Waals surface area contributed by atoms with Gasteiger partial charge in [0.15, 0.2) is 12.1 Å². The van der Waals surface area contributed by atoms with Gasteiger partial charge < -0.3 is 111 Å². The molecule has 0 aromatic rings. The average molecular weight is 1210 g/mol. The molecule has 85 heavy (non-hydrogen) atoms. The van der Waals surface area contributed by atoms with Crippen molar-refractivity contribution < 1.29 is 110 Å². The number of hydrogen-bond donors (Lipinski definition) is 16. The second-order valence-electron chi connectivity index (χ2n) is 23.3. The molecular weight excluding hydrogens is 1110 g/mol. The zero-order chi connectivity index (χ0) is 62.4. The number of fused-ring (bicyclic) bond motifs is 2. The van der Waals surface area contributed by atoms with Crippen LogP contribution in [0.15, 0.2) is 85.1 Å². The van der Waals surface area contributed by atoms with E-state index in [2.05, 4.69) is 15.5 Å². The number of aliphatic hydroxyl groups excluding tert-OH is 12. The van der Waals surface area contributed by atoms with Crippen molar-refractivity contribution in [2.45, 2.75) is 207 Å². The fourth-order valence-electron chi connectivity index (χ4n) is 11.0. The zero-order valence-electron chi connectivity index (χ0n) is 49.2. The van der Waals surface area contributed by atoms with Crippen molar-refractivity contribution in [3.63, 3.8) is 0 Å². The molecule has 5 aliphatic rings. The molecule has 0 aromatic carbocycles. The third kappa shape index (κ3) is 23.0. The molecule has 4 fully saturated rings. The number of ether oxygens (including phenoxy) is 6. The van der Waals surface area contributed by atoms with E-state index in [0.29, 0.717) is 26.2 Å². The molecule has 1 amide bonds. The van der Waals surface area contributed by atoms with Crippen LogP contribution in [0.1, 0.15) is 85.5 Å². The maximum absolute atomic E-state index is 14.2. The number of esters is 1. The summed E-state index contributed by atoms with van der Waals surface area (Å²) in [5.74, 6) is -8.36. The lowest BCUT2D eigenvalue weighted by Gasteiger charge is -2.47. The van der Waals surface area contributed by atoms with E-state index in [1.807, 2.05) is 13.0 Å². The summed E-state index contributed by atoms with van der Waals surface area (Å²) < 4.78 is 35.0. The Bertz CT molecular complexity index is 2210. The van der Waals surface area contributed by atoms with Gasteiger partial charge in [-0.3, -0.25) is 14.5 Å². The van der Waals surface area contributed by atoms with Crippen molar-refractivity contribution in [3.05, 3.63) is 85.1 Å². The highest BCUT2D eigenvalue weighted by Gasteiger charge is 2.53. The lowest BCUT2D eigenvalue weighted by Crippen LogP contribution is -2.69. The van der Waals surface area contributed by atoms with Crippen molar-refractivity contribution >= 4 is 11.9 Å². The standard InChI is InChI=1S/C60H97N3O22/c1-36-18-15-13-11-9-7-5-6-8-10-12-14-16-19-43(84-58-55(75)51(53(73)39(4)83-58)62-35-60(79)56(76)54(74)47(70)34-81-60)31-48-50(57(77)61-22-17-23-63-24-26-80-27-25-63)46(69)33-59(78,85-48)32-42(66)29-45(68)44(67)21-20-40(64)28-41(65)30-49(71)82-38(3)37(2)52(36)72/h5-16,18-19,36-48,50-56,58,62,64-70,72-76,78-79H,17,20-35H2,1-4H3,(H,61,77)/b6-5+,9-7+,10-8+,13-11+,14-12+,18-15+,19-16+/t36-,37-,38-,39+,40+,41+,42-,43-,44+,45+,46-,47+,48?,50?,51-,52+,53+,54-,55-,56-,58?,59+,60+/m0/s1. The Balaban J connectivity index is 1.42. The maximum atomic E-state index is 14.2. The fourth-order valence-corrected chi connectivity index (χ4v) is 11.0. The van der Waals surface area contributed by atoms with Crippen molar-refractivity contribution in [1.29, 1.82) is 0 Å². The van der Waals surface area contributed by atoms with Crippen LogP contribution in [0, 0.1) is 17.8 Å². The van der Waals surface area contributed by atoms with Gasteiger partial charge in [0, 0.05) is 57.2 Å². The first-order valence-electron chi connectivity index (χ1n) is 29.7. The minimum absolute atomic E-state index is 0.130. The molecule has 0 radical (unpaired) electrons. The largest absolute Gasteiger partial charge is 0.462 e. The smallest absolute Gasteiger partial charge is 0.308 e. The molecule has 5 aliphatic heterocycles. The van der Waals surface area contributed by atoms with Crippen LogP contribution >= 0.6 is 0 Å². The Morgan fingerprint density at radius 1 is 0.671 bits per heavy atom. The topological polar surface area (TPSA) is 400 Å². The molecule has 5 heterocycles. The van der Waals surface area contributed by atoms with Gasteiger partial charge in [-0.25, -0.2) is 0 Å². The summed E-state index contributed by atoms with van der Waals surface area (Å²) in [6.45, 7) is 8.95. The fraction of sp³-hybridized carbons (Fsp3) is 0.733. The van der Waals surface area contributed by atoms with E-state index in [0.717, 1.165) is 13.1 Å². The number of nitrogens with zero attached hydrogens (tertiary/aromatic N) is 1. The van der Waals surface area contributed by atoms with Gasteiger partial charge in [-0.05, 0) is 46.1 Å². The molecule has 0 aliphatic carbocycles. The van der Waals surface area contributed by atoms with Crippen molar-refractivity contribution in [2.24, 2.45) is 17.8 Å². The predicted molar refractivity (Wildman–Crippen MR) is 307 cm³/mol. The summed E-state index contributed by atoms with van der Waals surface area (Å²) in [5.41, 5.74) is 0. The number of allylic oxidation sites excluding steroid dienone is 12. The molecule has 16 N–H and O–H groups in total. The van der Waals surface area contributed by atoms with Gasteiger partial charge in [-0.1, -0.05) is 98.9 Å². The number of aliphatic hydroxyl groups is 14. The van der Waals surface area contributed by atoms with Gasteiger partial charge in [0.05, 0.1) is 112 Å². The molecule has 0 saturated carbocycles. The third-order valence-electron chi connectivity index (χ3n) is 16.3. The van der Waals surface area contributed by atoms with E-state index in [-0.39, 0.29) is 38.1 Å². The first kappa shape index (κ1) is 72.0. The lowest BCUT2D eigenvalue weighted by atomic mass is 9.82. The Kier molecular flexibility index (Phi) is 30.1. The van der Waals surface area contributed by atoms with Gasteiger partial charge in [0.2, 0.25) is 11.7 Å². The molecule has 25 heteroatoms. The highest BCUT2D eigenvalue weighted by molar-refractivity contribution is 5.80. The Morgan fingerprint density at radius 3 is 1.94 bits per heavy atom. The molecule has 0 aromatic heterocycles. The van der Waals surface area contributed by atoms with E-state index < -0.39 is 184 Å². The molecule has 2 bridgehead atoms. The molecule has 484 valence electrons. The summed E-state index contributed by atoms with van der Waals surface area (Å²) in [7, 11) is 0. The summed E-state index contributed by atoms with van der Waals surface area (Å²) >= 11 is 0. The average Bonchev–Trinajstić information content (AvgIpc) is 2.08. The van der Waals surface area contributed by atoms with Gasteiger partial charge in [0.1, 0.15) is 30.5 Å². The molecule has 0 spiro atoms. The molecular formula is C60H97N3O22. The summed E-state index contributed by atoms with van der Waals surface area (Å²) in [6.07, 6.45) is -2.45. The van der Waals surface area contributed by atoms with Crippen LogP contribution in [0.25, 0.3) is 0 Å². The number of carbonyl (C=O) groups is 2. The van der Waals surface area contributed by atoms with Crippen LogP contribution in [-0.2, 0) is 38.0 Å². The lowest BCUT2D eigenvalue weighted by molar-refractivity contribution is -0.323. The highest BCUT2D eigenvalue weighted by Crippen LogP contribution is 2.39. The quantitative estimate of drug-likeness (QED) is 0.0823. The van der Waals surface area contributed by atoms with Crippen LogP contribution in [-0.4, -0.2) is 262 Å². The van der Waals surface area contributed by atoms with Gasteiger partial charge in [-0.15, -0.1) is 0 Å². The van der Waals surface area contributed by atoms with Crippen molar-refractivity contribution in [2.75, 3.05) is 52.5 Å². The van der Waals surface area contributed by atoms with Gasteiger partial charge in [0.25, 0.3) is 0 Å². The first-order valence-corrected chi connectivity index (χ1v) is 29.7. The van der Waals surface area contributed by atoms with E-state index in [4.69, 9.17) is 28.4 Å². The van der Waals surface area contributed by atoms with Crippen LogP contribution < -0.4 is 10.6 Å². The number of nitrogens with one attached hydrogen (secondary N) is 2. The number of carbonyl (C=O) groups excluding carboxylic acids is 2. The zero-order valence-corrected chi connectivity index (χ0v) is 49.2. The SMILES string of the molecule is C[C@@H]1[C@H](O)[C@@H](C)/C=C/C=C/C=C/C=C/C=C/C=C/C=C/[C@H](OC2O[C@H](C)[C@@H](O)[C@H](NC[C@@]3(O)OC[C@@H](O)[C@H](O)[C@@H]3O)[C@@H]2O)CC2O[C@](O)(C[C@@H](O)C[C@@H](O)[C@H](O)CC[C@@H](O)C[C@@H](O)CC(=O)O[C@H]1C)C[C@H](O)C2C(=O)NCCCN1CCOCC1. The summed E-state index contributed by atoms with van der Waals surface area (Å²) in [6, 6.07) is -1.34. The highest BCUT2D eigenvalue weighted by atomic mass is 16.7. The number of cyclic esters (lactones) is 1. The second kappa shape index (κ2) is 35.5. The van der Waals surface area contributed by atoms with Gasteiger partial charge >= 0.3 is 5.97 Å². The number of amides is 1. The van der Waals surface area contributed by atoms with E-state index in [9.17, 15) is 81.1 Å². The third-order valence-corrected chi connectivity index (χ3v) is 16.3. The Morgan fingerprint density at radius 2 is 1.29 bits per heavy atom. The number of rotatable bonds is 10. The summed E-state index contributed by atoms with van der Waals surface area (Å²) in [4.78, 5) is 29.2. The monoisotopic (exact) mass is 1210 g/mol. The van der Waals surface area contributed by atoms with Crippen LogP contribution in [0.5, 0.6) is 0 Å². The Labute approximate surface area is 497 Å². The van der Waals surface area contributed by atoms with E-state index in [1.54, 1.807) is 86.8 Å². The molecule has 25 nitrogen and oxygen atoms in total. The van der Waals surface area contributed by atoms with Crippen LogP contribution in [0.2, 0.25) is 0 Å². The molecule has 5 rings (SSSR count). The Hall–Kier alpha value is -3.72. The van der Waals surface area contributed by atoms with Crippen molar-refractivity contribution in [1.82, 2.24) is 15.5 Å². The minimum Gasteiger partial charge on any atom is -0.462 e. The predicted octanol–water partition coefficient (Wildman–Crippen LogP) is -2.10. The second-order valence-corrected chi connectivity index (χ2v) is 23.3. The van der Waals surface area contributed by atoms with Crippen molar-refractivity contribution in [3.8, 4) is 0 Å². The minimum atomic E-state index is -2.47. The normalized spacial score (nSPS) is 44.4. The van der Waals surface area contributed by atoms with Crippen LogP contribution in [0.3, 0.4) is 0 Å². The number of morpholine rings is 1. The van der Waals surface area contributed by atoms with E-state index >= 15 is 0 Å². The number of hydrogen-bond acceptors (Lipinski definition) is 24. The summed E-state index contributed by atoms with van der Waals surface area (Å²) in [5, 5.41) is 160. The molecule has 23 atom stereocenters. The first-order chi connectivity index (χ1) is 40.3.